The Hall–Kier alpha value is -1.26. The van der Waals surface area contributed by atoms with Gasteiger partial charge in [0.1, 0.15) is 0 Å². The molecule has 0 aliphatic carbocycles. The van der Waals surface area contributed by atoms with Gasteiger partial charge in [0.15, 0.2) is 11.6 Å². The molecule has 0 amide bonds. The Labute approximate surface area is 116 Å². The molecule has 0 aliphatic rings. The molecule has 2 aromatic rings. The van der Waals surface area contributed by atoms with Crippen LogP contribution in [0.3, 0.4) is 0 Å². The molecule has 1 aromatic carbocycles. The van der Waals surface area contributed by atoms with Crippen molar-refractivity contribution >= 4 is 11.3 Å². The summed E-state index contributed by atoms with van der Waals surface area (Å²) in [6, 6.07) is 8.56. The van der Waals surface area contributed by atoms with E-state index in [0.717, 1.165) is 18.4 Å². The van der Waals surface area contributed by atoms with Crippen molar-refractivity contribution in [1.29, 1.82) is 0 Å². The fourth-order valence-electron chi connectivity index (χ4n) is 2.07. The lowest BCUT2D eigenvalue weighted by atomic mass is 10.0. The summed E-state index contributed by atoms with van der Waals surface area (Å²) in [7, 11) is 1.90. The van der Waals surface area contributed by atoms with Gasteiger partial charge in [-0.25, -0.2) is 8.78 Å². The van der Waals surface area contributed by atoms with E-state index in [0.29, 0.717) is 6.42 Å². The molecule has 1 nitrogen and oxygen atoms in total. The van der Waals surface area contributed by atoms with Crippen LogP contribution in [0.15, 0.2) is 35.7 Å². The fraction of sp³-hybridized carbons (Fsp3) is 0.333. The first kappa shape index (κ1) is 14.2. The highest BCUT2D eigenvalue weighted by Gasteiger charge is 2.10. The predicted molar refractivity (Wildman–Crippen MR) is 75.5 cm³/mol. The number of hydrogen-bond donors (Lipinski definition) is 1. The van der Waals surface area contributed by atoms with E-state index in [1.54, 1.807) is 17.4 Å². The van der Waals surface area contributed by atoms with Crippen molar-refractivity contribution in [2.45, 2.75) is 25.3 Å². The SMILES string of the molecule is CNC(CCc1cccs1)Cc1ccc(F)c(F)c1. The van der Waals surface area contributed by atoms with Gasteiger partial charge in [0.25, 0.3) is 0 Å². The van der Waals surface area contributed by atoms with E-state index >= 15 is 0 Å². The zero-order valence-corrected chi connectivity index (χ0v) is 11.6. The molecule has 1 N–H and O–H groups in total. The van der Waals surface area contributed by atoms with Gasteiger partial charge in [-0.15, -0.1) is 11.3 Å². The van der Waals surface area contributed by atoms with Crippen LogP contribution in [0.25, 0.3) is 0 Å². The van der Waals surface area contributed by atoms with Crippen LogP contribution in [0.1, 0.15) is 16.9 Å². The smallest absolute Gasteiger partial charge is 0.159 e. The first-order valence-electron chi connectivity index (χ1n) is 6.32. The zero-order chi connectivity index (χ0) is 13.7. The molecule has 0 fully saturated rings. The van der Waals surface area contributed by atoms with Crippen LogP contribution in [-0.4, -0.2) is 13.1 Å². The van der Waals surface area contributed by atoms with Crippen molar-refractivity contribution in [3.8, 4) is 0 Å². The molecule has 0 bridgehead atoms. The number of thiophene rings is 1. The Morgan fingerprint density at radius 1 is 1.21 bits per heavy atom. The maximum absolute atomic E-state index is 13.1. The monoisotopic (exact) mass is 281 g/mol. The maximum atomic E-state index is 13.1. The van der Waals surface area contributed by atoms with Crippen molar-refractivity contribution in [3.63, 3.8) is 0 Å². The Bertz CT molecular complexity index is 511. The summed E-state index contributed by atoms with van der Waals surface area (Å²) in [5, 5.41) is 5.30. The summed E-state index contributed by atoms with van der Waals surface area (Å²) in [6.45, 7) is 0. The van der Waals surface area contributed by atoms with E-state index in [1.165, 1.54) is 17.0 Å². The molecule has 19 heavy (non-hydrogen) atoms. The normalized spacial score (nSPS) is 12.6. The lowest BCUT2D eigenvalue weighted by Crippen LogP contribution is -2.28. The fourth-order valence-corrected chi connectivity index (χ4v) is 2.80. The van der Waals surface area contributed by atoms with Crippen molar-refractivity contribution < 1.29 is 8.78 Å². The molecule has 1 atom stereocenters. The average Bonchev–Trinajstić information content (AvgIpc) is 2.92. The number of likely N-dealkylation sites (N-methyl/N-ethyl adjacent to an activating group) is 1. The minimum atomic E-state index is -0.789. The molecular weight excluding hydrogens is 264 g/mol. The van der Waals surface area contributed by atoms with Gasteiger partial charge in [0.2, 0.25) is 0 Å². The molecule has 102 valence electrons. The standard InChI is InChI=1S/C15H17F2NS/c1-18-12(5-6-13-3-2-8-19-13)9-11-4-7-14(16)15(17)10-11/h2-4,7-8,10,12,18H,5-6,9H2,1H3. The summed E-state index contributed by atoms with van der Waals surface area (Å²) >= 11 is 1.75. The number of benzene rings is 1. The Morgan fingerprint density at radius 2 is 2.05 bits per heavy atom. The van der Waals surface area contributed by atoms with Crippen LogP contribution in [-0.2, 0) is 12.8 Å². The lowest BCUT2D eigenvalue weighted by molar-refractivity contribution is 0.498. The van der Waals surface area contributed by atoms with Crippen LogP contribution in [0, 0.1) is 11.6 Å². The van der Waals surface area contributed by atoms with Gasteiger partial charge in [-0.2, -0.15) is 0 Å². The predicted octanol–water partition coefficient (Wildman–Crippen LogP) is 3.79. The Balaban J connectivity index is 1.92. The highest BCUT2D eigenvalue weighted by molar-refractivity contribution is 7.09. The summed E-state index contributed by atoms with van der Waals surface area (Å²) in [5.74, 6) is -1.56. The first-order chi connectivity index (χ1) is 9.19. The number of aryl methyl sites for hydroxylation is 1. The molecule has 1 heterocycles. The molecule has 1 aromatic heterocycles. The molecule has 1 unspecified atom stereocenters. The second-order valence-corrected chi connectivity index (χ2v) is 5.59. The lowest BCUT2D eigenvalue weighted by Gasteiger charge is -2.16. The van der Waals surface area contributed by atoms with Crippen LogP contribution < -0.4 is 5.32 Å². The van der Waals surface area contributed by atoms with Gasteiger partial charge < -0.3 is 5.32 Å². The van der Waals surface area contributed by atoms with Gasteiger partial charge in [-0.05, 0) is 55.5 Å². The topological polar surface area (TPSA) is 12.0 Å². The van der Waals surface area contributed by atoms with Gasteiger partial charge in [0, 0.05) is 10.9 Å². The minimum Gasteiger partial charge on any atom is -0.317 e. The first-order valence-corrected chi connectivity index (χ1v) is 7.20. The average molecular weight is 281 g/mol. The van der Waals surface area contributed by atoms with E-state index in [1.807, 2.05) is 13.1 Å². The summed E-state index contributed by atoms with van der Waals surface area (Å²) < 4.78 is 26.0. The third kappa shape index (κ3) is 4.11. The van der Waals surface area contributed by atoms with Crippen molar-refractivity contribution in [1.82, 2.24) is 5.32 Å². The summed E-state index contributed by atoms with van der Waals surface area (Å²) in [4.78, 5) is 1.35. The van der Waals surface area contributed by atoms with Gasteiger partial charge >= 0.3 is 0 Å². The summed E-state index contributed by atoms with van der Waals surface area (Å²) in [5.41, 5.74) is 0.824. The molecule has 0 aliphatic heterocycles. The highest BCUT2D eigenvalue weighted by Crippen LogP contribution is 2.15. The Kier molecular flexibility index (Phi) is 5.05. The van der Waals surface area contributed by atoms with Crippen LogP contribution in [0.4, 0.5) is 8.78 Å². The number of halogens is 2. The molecule has 2 rings (SSSR count). The van der Waals surface area contributed by atoms with E-state index < -0.39 is 11.6 Å². The summed E-state index contributed by atoms with van der Waals surface area (Å²) in [6.07, 6.45) is 2.70. The van der Waals surface area contributed by atoms with Crippen LogP contribution in [0.2, 0.25) is 0 Å². The maximum Gasteiger partial charge on any atom is 0.159 e. The number of hydrogen-bond acceptors (Lipinski definition) is 2. The molecule has 4 heteroatoms. The second-order valence-electron chi connectivity index (χ2n) is 4.56. The highest BCUT2D eigenvalue weighted by atomic mass is 32.1. The third-order valence-corrected chi connectivity index (χ3v) is 4.13. The minimum absolute atomic E-state index is 0.270. The molecule has 0 radical (unpaired) electrons. The van der Waals surface area contributed by atoms with Gasteiger partial charge in [0.05, 0.1) is 0 Å². The second kappa shape index (κ2) is 6.78. The number of rotatable bonds is 6. The number of nitrogens with one attached hydrogen (secondary N) is 1. The van der Waals surface area contributed by atoms with Crippen LogP contribution in [0.5, 0.6) is 0 Å². The zero-order valence-electron chi connectivity index (χ0n) is 10.8. The Morgan fingerprint density at radius 3 is 2.68 bits per heavy atom. The van der Waals surface area contributed by atoms with Crippen molar-refractivity contribution in [2.24, 2.45) is 0 Å². The largest absolute Gasteiger partial charge is 0.317 e. The molecule has 0 saturated heterocycles. The van der Waals surface area contributed by atoms with E-state index in [2.05, 4.69) is 16.8 Å². The van der Waals surface area contributed by atoms with E-state index in [-0.39, 0.29) is 6.04 Å². The van der Waals surface area contributed by atoms with Crippen LogP contribution >= 0.6 is 11.3 Å². The van der Waals surface area contributed by atoms with E-state index in [9.17, 15) is 8.78 Å². The molecular formula is C15H17F2NS. The molecule has 0 spiro atoms. The van der Waals surface area contributed by atoms with Gasteiger partial charge in [-0.3, -0.25) is 0 Å². The molecule has 0 saturated carbocycles. The van der Waals surface area contributed by atoms with Crippen molar-refractivity contribution in [2.75, 3.05) is 7.05 Å². The van der Waals surface area contributed by atoms with E-state index in [4.69, 9.17) is 0 Å². The third-order valence-electron chi connectivity index (χ3n) is 3.19. The van der Waals surface area contributed by atoms with Gasteiger partial charge in [-0.1, -0.05) is 12.1 Å². The van der Waals surface area contributed by atoms with Crippen molar-refractivity contribution in [3.05, 3.63) is 57.8 Å². The quantitative estimate of drug-likeness (QED) is 0.849.